The Labute approximate surface area is 191 Å². The predicted octanol–water partition coefficient (Wildman–Crippen LogP) is 3.46. The van der Waals surface area contributed by atoms with Crippen LogP contribution in [0.4, 0.5) is 4.39 Å². The summed E-state index contributed by atoms with van der Waals surface area (Å²) in [6.45, 7) is 1.46. The molecule has 1 heterocycles. The second-order valence-electron chi connectivity index (χ2n) is 8.14. The lowest BCUT2D eigenvalue weighted by atomic mass is 10.1. The van der Waals surface area contributed by atoms with Crippen molar-refractivity contribution in [1.29, 1.82) is 0 Å². The van der Waals surface area contributed by atoms with E-state index in [1.807, 2.05) is 48.5 Å². The second kappa shape index (κ2) is 10.0. The third-order valence-electron chi connectivity index (χ3n) is 5.87. The standard InChI is InChI=1S/C26H28FN3O3/c1-29-23-12-9-20(15-24(23)30(2)26(29)32)25(31)17-33-21-10-7-18(8-11-21)16-28-14-13-19-5-3-4-6-22(19)27/h3-12,15,25,28,31H,13-14,16-17H2,1-2H3. The maximum atomic E-state index is 13.7. The molecule has 1 atom stereocenters. The third-order valence-corrected chi connectivity index (χ3v) is 5.87. The molecule has 1 aromatic heterocycles. The van der Waals surface area contributed by atoms with Crippen LogP contribution in [0.25, 0.3) is 11.0 Å². The van der Waals surface area contributed by atoms with Gasteiger partial charge in [0.05, 0.1) is 11.0 Å². The zero-order chi connectivity index (χ0) is 23.4. The molecular weight excluding hydrogens is 421 g/mol. The van der Waals surface area contributed by atoms with Gasteiger partial charge in [0, 0.05) is 20.6 Å². The van der Waals surface area contributed by atoms with Crippen LogP contribution in [-0.2, 0) is 27.1 Å². The van der Waals surface area contributed by atoms with Gasteiger partial charge in [-0.25, -0.2) is 9.18 Å². The van der Waals surface area contributed by atoms with Crippen molar-refractivity contribution >= 4 is 11.0 Å². The molecule has 0 fully saturated rings. The molecule has 1 unspecified atom stereocenters. The van der Waals surface area contributed by atoms with Gasteiger partial charge >= 0.3 is 5.69 Å². The number of hydrogen-bond acceptors (Lipinski definition) is 4. The van der Waals surface area contributed by atoms with Gasteiger partial charge in [0.15, 0.2) is 0 Å². The van der Waals surface area contributed by atoms with Crippen molar-refractivity contribution in [1.82, 2.24) is 14.5 Å². The summed E-state index contributed by atoms with van der Waals surface area (Å²) in [7, 11) is 3.44. The molecule has 4 aromatic rings. The van der Waals surface area contributed by atoms with Crippen LogP contribution in [0, 0.1) is 5.82 Å². The molecule has 0 amide bonds. The number of ether oxygens (including phenoxy) is 1. The van der Waals surface area contributed by atoms with Crippen LogP contribution in [0.5, 0.6) is 5.75 Å². The normalized spacial score (nSPS) is 12.2. The Morgan fingerprint density at radius 1 is 1.00 bits per heavy atom. The van der Waals surface area contributed by atoms with Gasteiger partial charge in [-0.15, -0.1) is 0 Å². The number of hydrogen-bond donors (Lipinski definition) is 2. The summed E-state index contributed by atoms with van der Waals surface area (Å²) in [5.41, 5.74) is 3.98. The van der Waals surface area contributed by atoms with E-state index in [0.717, 1.165) is 16.6 Å². The first kappa shape index (κ1) is 22.8. The average Bonchev–Trinajstić information content (AvgIpc) is 3.05. The molecule has 4 rings (SSSR count). The molecule has 0 spiro atoms. The van der Waals surface area contributed by atoms with E-state index < -0.39 is 6.10 Å². The SMILES string of the molecule is Cn1c(=O)n(C)c2cc(C(O)COc3ccc(CNCCc4ccccc4F)cc3)ccc21. The summed E-state index contributed by atoms with van der Waals surface area (Å²) < 4.78 is 22.6. The fourth-order valence-corrected chi connectivity index (χ4v) is 3.86. The quantitative estimate of drug-likeness (QED) is 0.384. The first-order chi connectivity index (χ1) is 15.9. The number of imidazole rings is 1. The van der Waals surface area contributed by atoms with E-state index in [-0.39, 0.29) is 18.1 Å². The number of benzene rings is 3. The lowest BCUT2D eigenvalue weighted by Crippen LogP contribution is -2.19. The Kier molecular flexibility index (Phi) is 6.91. The van der Waals surface area contributed by atoms with Crippen molar-refractivity contribution < 1.29 is 14.2 Å². The molecule has 7 heteroatoms. The minimum atomic E-state index is -0.815. The number of fused-ring (bicyclic) bond motifs is 1. The first-order valence-corrected chi connectivity index (χ1v) is 10.9. The maximum Gasteiger partial charge on any atom is 0.328 e. The number of aryl methyl sites for hydroxylation is 2. The molecular formula is C26H28FN3O3. The molecule has 0 aliphatic rings. The van der Waals surface area contributed by atoms with E-state index in [1.165, 1.54) is 6.07 Å². The lowest BCUT2D eigenvalue weighted by molar-refractivity contribution is 0.108. The summed E-state index contributed by atoms with van der Waals surface area (Å²) in [5, 5.41) is 13.9. The van der Waals surface area contributed by atoms with Gasteiger partial charge in [-0.3, -0.25) is 9.13 Å². The van der Waals surface area contributed by atoms with E-state index in [9.17, 15) is 14.3 Å². The molecule has 0 saturated carbocycles. The Morgan fingerprint density at radius 3 is 2.48 bits per heavy atom. The van der Waals surface area contributed by atoms with Crippen LogP contribution >= 0.6 is 0 Å². The van der Waals surface area contributed by atoms with Gasteiger partial charge in [0.2, 0.25) is 0 Å². The van der Waals surface area contributed by atoms with E-state index in [2.05, 4.69) is 5.32 Å². The molecule has 6 nitrogen and oxygen atoms in total. The first-order valence-electron chi connectivity index (χ1n) is 10.9. The van der Waals surface area contributed by atoms with Gasteiger partial charge in [-0.1, -0.05) is 36.4 Å². The summed E-state index contributed by atoms with van der Waals surface area (Å²) in [6.07, 6.45) is -0.182. The smallest absolute Gasteiger partial charge is 0.328 e. The monoisotopic (exact) mass is 449 g/mol. The van der Waals surface area contributed by atoms with Crippen molar-refractivity contribution in [2.24, 2.45) is 14.1 Å². The molecule has 33 heavy (non-hydrogen) atoms. The Morgan fingerprint density at radius 2 is 1.73 bits per heavy atom. The van der Waals surface area contributed by atoms with Crippen LogP contribution in [0.1, 0.15) is 22.8 Å². The second-order valence-corrected chi connectivity index (χ2v) is 8.14. The Bertz CT molecular complexity index is 1290. The highest BCUT2D eigenvalue weighted by molar-refractivity contribution is 5.77. The van der Waals surface area contributed by atoms with E-state index in [1.54, 1.807) is 35.4 Å². The summed E-state index contributed by atoms with van der Waals surface area (Å²) >= 11 is 0. The minimum Gasteiger partial charge on any atom is -0.491 e. The average molecular weight is 450 g/mol. The highest BCUT2D eigenvalue weighted by Gasteiger charge is 2.13. The van der Waals surface area contributed by atoms with Crippen molar-refractivity contribution in [3.8, 4) is 5.75 Å². The predicted molar refractivity (Wildman–Crippen MR) is 127 cm³/mol. The van der Waals surface area contributed by atoms with Crippen molar-refractivity contribution in [3.63, 3.8) is 0 Å². The van der Waals surface area contributed by atoms with Gasteiger partial charge < -0.3 is 15.2 Å². The van der Waals surface area contributed by atoms with Crippen LogP contribution in [0.15, 0.2) is 71.5 Å². The number of nitrogens with zero attached hydrogens (tertiary/aromatic N) is 2. The molecule has 0 saturated heterocycles. The topological polar surface area (TPSA) is 68.4 Å². The minimum absolute atomic E-state index is 0.102. The van der Waals surface area contributed by atoms with Gasteiger partial charge in [0.1, 0.15) is 24.3 Å². The molecule has 172 valence electrons. The van der Waals surface area contributed by atoms with Crippen LogP contribution < -0.4 is 15.7 Å². The number of halogens is 1. The molecule has 0 aliphatic carbocycles. The van der Waals surface area contributed by atoms with E-state index in [0.29, 0.717) is 36.4 Å². The van der Waals surface area contributed by atoms with E-state index >= 15 is 0 Å². The van der Waals surface area contributed by atoms with Gasteiger partial charge in [-0.05, 0) is 60.0 Å². The molecule has 0 radical (unpaired) electrons. The number of aromatic nitrogens is 2. The van der Waals surface area contributed by atoms with Crippen LogP contribution in [0.3, 0.4) is 0 Å². The van der Waals surface area contributed by atoms with E-state index in [4.69, 9.17) is 4.74 Å². The zero-order valence-corrected chi connectivity index (χ0v) is 18.8. The Hall–Kier alpha value is -3.42. The number of aliphatic hydroxyl groups excluding tert-OH is 1. The molecule has 2 N–H and O–H groups in total. The molecule has 3 aromatic carbocycles. The summed E-state index contributed by atoms with van der Waals surface area (Å²) in [6, 6.07) is 19.9. The number of rotatable bonds is 9. The van der Waals surface area contributed by atoms with Gasteiger partial charge in [-0.2, -0.15) is 0 Å². The molecule has 0 aliphatic heterocycles. The summed E-state index contributed by atoms with van der Waals surface area (Å²) in [5.74, 6) is 0.494. The fraction of sp³-hybridized carbons (Fsp3) is 0.269. The van der Waals surface area contributed by atoms with Crippen molar-refractivity contribution in [3.05, 3.63) is 99.7 Å². The highest BCUT2D eigenvalue weighted by atomic mass is 19.1. The fourth-order valence-electron chi connectivity index (χ4n) is 3.86. The zero-order valence-electron chi connectivity index (χ0n) is 18.8. The number of aliphatic hydroxyl groups is 1. The van der Waals surface area contributed by atoms with Crippen molar-refractivity contribution in [2.75, 3.05) is 13.2 Å². The largest absolute Gasteiger partial charge is 0.491 e. The number of nitrogens with one attached hydrogen (secondary N) is 1. The summed E-state index contributed by atoms with van der Waals surface area (Å²) in [4.78, 5) is 12.1. The molecule has 0 bridgehead atoms. The van der Waals surface area contributed by atoms with Crippen molar-refractivity contribution in [2.45, 2.75) is 19.1 Å². The Balaban J connectivity index is 1.27. The maximum absolute atomic E-state index is 13.7. The third kappa shape index (κ3) is 5.16. The van der Waals surface area contributed by atoms with Gasteiger partial charge in [0.25, 0.3) is 0 Å². The highest BCUT2D eigenvalue weighted by Crippen LogP contribution is 2.21. The van der Waals surface area contributed by atoms with Crippen LogP contribution in [0.2, 0.25) is 0 Å². The lowest BCUT2D eigenvalue weighted by Gasteiger charge is -2.14. The van der Waals surface area contributed by atoms with Crippen LogP contribution in [-0.4, -0.2) is 27.4 Å².